The topological polar surface area (TPSA) is 61.9 Å². The van der Waals surface area contributed by atoms with Gasteiger partial charge in [-0.05, 0) is 51.1 Å². The van der Waals surface area contributed by atoms with E-state index in [4.69, 9.17) is 4.74 Å². The number of fused-ring (bicyclic) bond motifs is 1. The largest absolute Gasteiger partial charge is 0.450 e. The number of carbonyl (C=O) groups excluding carboxylic acids is 2. The van der Waals surface area contributed by atoms with Gasteiger partial charge in [0.1, 0.15) is 0 Å². The highest BCUT2D eigenvalue weighted by Gasteiger charge is 2.47. The van der Waals surface area contributed by atoms with E-state index in [1.807, 2.05) is 13.0 Å². The second-order valence-corrected chi connectivity index (χ2v) is 8.18. The molecule has 3 fully saturated rings. The van der Waals surface area contributed by atoms with E-state index in [1.165, 1.54) is 12.0 Å². The Balaban J connectivity index is 1.34. The van der Waals surface area contributed by atoms with Crippen LogP contribution in [0.4, 0.5) is 4.79 Å². The summed E-state index contributed by atoms with van der Waals surface area (Å²) in [7, 11) is 0. The van der Waals surface area contributed by atoms with Gasteiger partial charge in [0.2, 0.25) is 5.91 Å². The molecule has 1 aromatic rings. The monoisotopic (exact) mass is 385 g/mol. The summed E-state index contributed by atoms with van der Waals surface area (Å²) in [5.74, 6) is 0.265. The first kappa shape index (κ1) is 19.2. The van der Waals surface area contributed by atoms with E-state index in [0.29, 0.717) is 31.8 Å². The third-order valence-electron chi connectivity index (χ3n) is 6.57. The fourth-order valence-corrected chi connectivity index (χ4v) is 5.18. The van der Waals surface area contributed by atoms with Crippen LogP contribution in [0.15, 0.2) is 30.3 Å². The molecule has 28 heavy (non-hydrogen) atoms. The summed E-state index contributed by atoms with van der Waals surface area (Å²) in [5, 5.41) is 3.29. The Bertz CT molecular complexity index is 688. The maximum absolute atomic E-state index is 13.1. The van der Waals surface area contributed by atoms with E-state index in [1.54, 1.807) is 4.90 Å². The number of piperidine rings is 1. The normalized spacial score (nSPS) is 28.2. The molecule has 3 heterocycles. The van der Waals surface area contributed by atoms with E-state index in [2.05, 4.69) is 34.5 Å². The molecule has 3 aliphatic heterocycles. The standard InChI is InChI=1S/C22H31N3O3/c1-2-28-22(27)24-13-10-17(11-14-24)23-21(26)18-15-20(16-7-4-3-5-8-16)25-12-6-9-19(18)25/h3-5,7-8,17-20H,2,6,9-15H2,1H3,(H,23,26)/t18-,19+,20-/m0/s1. The molecule has 2 amide bonds. The van der Waals surface area contributed by atoms with Crippen molar-refractivity contribution in [1.29, 1.82) is 0 Å². The van der Waals surface area contributed by atoms with Gasteiger partial charge in [-0.3, -0.25) is 9.69 Å². The van der Waals surface area contributed by atoms with E-state index in [9.17, 15) is 9.59 Å². The molecule has 1 aromatic carbocycles. The van der Waals surface area contributed by atoms with E-state index in [-0.39, 0.29) is 24.0 Å². The maximum Gasteiger partial charge on any atom is 0.409 e. The van der Waals surface area contributed by atoms with Gasteiger partial charge in [0.05, 0.1) is 12.5 Å². The first-order valence-electron chi connectivity index (χ1n) is 10.7. The van der Waals surface area contributed by atoms with Crippen molar-refractivity contribution in [2.45, 2.75) is 57.2 Å². The molecule has 3 saturated heterocycles. The van der Waals surface area contributed by atoms with Crippen molar-refractivity contribution in [1.82, 2.24) is 15.1 Å². The number of rotatable bonds is 4. The van der Waals surface area contributed by atoms with Crippen molar-refractivity contribution < 1.29 is 14.3 Å². The second-order valence-electron chi connectivity index (χ2n) is 8.18. The third kappa shape index (κ3) is 3.88. The molecule has 0 radical (unpaired) electrons. The molecule has 0 aromatic heterocycles. The molecule has 4 rings (SSSR count). The maximum atomic E-state index is 13.1. The molecule has 1 N–H and O–H groups in total. The Morgan fingerprint density at radius 1 is 1.11 bits per heavy atom. The lowest BCUT2D eigenvalue weighted by Crippen LogP contribution is -2.49. The number of nitrogens with one attached hydrogen (secondary N) is 1. The fraction of sp³-hybridized carbons (Fsp3) is 0.636. The van der Waals surface area contributed by atoms with Crippen LogP contribution in [-0.2, 0) is 9.53 Å². The molecule has 0 bridgehead atoms. The minimum atomic E-state index is -0.240. The van der Waals surface area contributed by atoms with Gasteiger partial charge in [-0.2, -0.15) is 0 Å². The number of nitrogens with zero attached hydrogens (tertiary/aromatic N) is 2. The van der Waals surface area contributed by atoms with Gasteiger partial charge in [-0.25, -0.2) is 4.79 Å². The highest BCUT2D eigenvalue weighted by Crippen LogP contribution is 2.44. The molecule has 0 spiro atoms. The predicted molar refractivity (Wildman–Crippen MR) is 107 cm³/mol. The van der Waals surface area contributed by atoms with Gasteiger partial charge in [-0.15, -0.1) is 0 Å². The molecular formula is C22H31N3O3. The lowest BCUT2D eigenvalue weighted by atomic mass is 9.93. The molecule has 3 atom stereocenters. The van der Waals surface area contributed by atoms with Crippen LogP contribution in [0.1, 0.15) is 50.6 Å². The van der Waals surface area contributed by atoms with Crippen LogP contribution in [0.25, 0.3) is 0 Å². The lowest BCUT2D eigenvalue weighted by Gasteiger charge is -2.32. The molecule has 0 aliphatic carbocycles. The molecule has 152 valence electrons. The highest BCUT2D eigenvalue weighted by atomic mass is 16.6. The summed E-state index contributed by atoms with van der Waals surface area (Å²) < 4.78 is 5.07. The summed E-state index contributed by atoms with van der Waals surface area (Å²) in [4.78, 5) is 29.2. The first-order valence-corrected chi connectivity index (χ1v) is 10.7. The Hall–Kier alpha value is -2.08. The minimum absolute atomic E-state index is 0.0655. The number of hydrogen-bond acceptors (Lipinski definition) is 4. The van der Waals surface area contributed by atoms with Gasteiger partial charge < -0.3 is 15.0 Å². The highest BCUT2D eigenvalue weighted by molar-refractivity contribution is 5.80. The van der Waals surface area contributed by atoms with Crippen molar-refractivity contribution >= 4 is 12.0 Å². The van der Waals surface area contributed by atoms with Gasteiger partial charge in [-0.1, -0.05) is 30.3 Å². The average Bonchev–Trinajstić information content (AvgIpc) is 3.32. The van der Waals surface area contributed by atoms with Crippen molar-refractivity contribution in [2.75, 3.05) is 26.2 Å². The molecule has 6 heteroatoms. The predicted octanol–water partition coefficient (Wildman–Crippen LogP) is 2.95. The quantitative estimate of drug-likeness (QED) is 0.866. The zero-order chi connectivity index (χ0) is 19.5. The Kier molecular flexibility index (Phi) is 5.85. The zero-order valence-corrected chi connectivity index (χ0v) is 16.7. The summed E-state index contributed by atoms with van der Waals surface area (Å²) in [6, 6.07) is 11.5. The van der Waals surface area contributed by atoms with Crippen LogP contribution < -0.4 is 5.32 Å². The van der Waals surface area contributed by atoms with Crippen LogP contribution in [0.5, 0.6) is 0 Å². The fourth-order valence-electron chi connectivity index (χ4n) is 5.18. The van der Waals surface area contributed by atoms with Crippen LogP contribution >= 0.6 is 0 Å². The zero-order valence-electron chi connectivity index (χ0n) is 16.7. The molecule has 0 saturated carbocycles. The summed E-state index contributed by atoms with van der Waals surface area (Å²) in [5.41, 5.74) is 1.33. The third-order valence-corrected chi connectivity index (χ3v) is 6.57. The number of carbonyl (C=O) groups is 2. The Morgan fingerprint density at radius 3 is 2.57 bits per heavy atom. The van der Waals surface area contributed by atoms with Crippen molar-refractivity contribution in [2.24, 2.45) is 5.92 Å². The van der Waals surface area contributed by atoms with Crippen molar-refractivity contribution in [3.05, 3.63) is 35.9 Å². The van der Waals surface area contributed by atoms with Gasteiger partial charge in [0, 0.05) is 31.2 Å². The smallest absolute Gasteiger partial charge is 0.409 e. The molecule has 6 nitrogen and oxygen atoms in total. The SMILES string of the molecule is CCOC(=O)N1CCC(NC(=O)[C@H]2C[C@@H](c3ccccc3)N3CCC[C@H]23)CC1. The minimum Gasteiger partial charge on any atom is -0.450 e. The Morgan fingerprint density at radius 2 is 1.86 bits per heavy atom. The number of amides is 2. The summed E-state index contributed by atoms with van der Waals surface area (Å²) in [6.07, 6.45) is 4.55. The first-order chi connectivity index (χ1) is 13.7. The van der Waals surface area contributed by atoms with Crippen molar-refractivity contribution in [3.63, 3.8) is 0 Å². The molecule has 0 unspecified atom stereocenters. The van der Waals surface area contributed by atoms with Gasteiger partial charge in [0.25, 0.3) is 0 Å². The van der Waals surface area contributed by atoms with Crippen LogP contribution in [-0.4, -0.2) is 60.1 Å². The molecule has 3 aliphatic rings. The van der Waals surface area contributed by atoms with Crippen LogP contribution in [0.3, 0.4) is 0 Å². The van der Waals surface area contributed by atoms with E-state index in [0.717, 1.165) is 32.2 Å². The number of ether oxygens (including phenoxy) is 1. The van der Waals surface area contributed by atoms with E-state index >= 15 is 0 Å². The van der Waals surface area contributed by atoms with E-state index < -0.39 is 0 Å². The van der Waals surface area contributed by atoms with Crippen LogP contribution in [0.2, 0.25) is 0 Å². The number of hydrogen-bond donors (Lipinski definition) is 1. The van der Waals surface area contributed by atoms with Gasteiger partial charge in [0.15, 0.2) is 0 Å². The van der Waals surface area contributed by atoms with Crippen LogP contribution in [0, 0.1) is 5.92 Å². The number of likely N-dealkylation sites (tertiary alicyclic amines) is 1. The molecular weight excluding hydrogens is 354 g/mol. The van der Waals surface area contributed by atoms with Gasteiger partial charge >= 0.3 is 6.09 Å². The average molecular weight is 386 g/mol. The Labute approximate surface area is 167 Å². The lowest BCUT2D eigenvalue weighted by molar-refractivity contribution is -0.126. The summed E-state index contributed by atoms with van der Waals surface area (Å²) >= 11 is 0. The summed E-state index contributed by atoms with van der Waals surface area (Å²) in [6.45, 7) is 4.61. The second kappa shape index (κ2) is 8.52. The number of benzene rings is 1. The van der Waals surface area contributed by atoms with Crippen molar-refractivity contribution in [3.8, 4) is 0 Å².